The molecule has 0 amide bonds. The van der Waals surface area contributed by atoms with Gasteiger partial charge in [-0.3, -0.25) is 0 Å². The molecule has 16 heavy (non-hydrogen) atoms. The van der Waals surface area contributed by atoms with E-state index in [-0.39, 0.29) is 12.1 Å². The third-order valence-electron chi connectivity index (χ3n) is 3.71. The van der Waals surface area contributed by atoms with Crippen LogP contribution in [0.3, 0.4) is 0 Å². The molecule has 1 rings (SSSR count). The predicted molar refractivity (Wildman–Crippen MR) is 66.6 cm³/mol. The normalized spacial score (nSPS) is 30.0. The highest BCUT2D eigenvalue weighted by atomic mass is 16.5. The summed E-state index contributed by atoms with van der Waals surface area (Å²) in [5, 5.41) is 13.1. The van der Waals surface area contributed by atoms with Crippen LogP contribution in [-0.2, 0) is 4.74 Å². The molecular formula is C13H27NO2. The van der Waals surface area contributed by atoms with Crippen LogP contribution in [-0.4, -0.2) is 36.5 Å². The van der Waals surface area contributed by atoms with Gasteiger partial charge in [0, 0.05) is 18.7 Å². The van der Waals surface area contributed by atoms with Gasteiger partial charge in [0.1, 0.15) is 0 Å². The molecule has 3 heteroatoms. The minimum absolute atomic E-state index is 0.0979. The van der Waals surface area contributed by atoms with E-state index in [0.29, 0.717) is 12.1 Å². The fourth-order valence-electron chi connectivity index (χ4n) is 2.68. The van der Waals surface area contributed by atoms with E-state index in [0.717, 1.165) is 38.5 Å². The Morgan fingerprint density at radius 3 is 2.38 bits per heavy atom. The fraction of sp³-hybridized carbons (Fsp3) is 1.00. The highest BCUT2D eigenvalue weighted by Gasteiger charge is 2.28. The van der Waals surface area contributed by atoms with Gasteiger partial charge in [0.05, 0.1) is 12.7 Å². The molecule has 1 aliphatic rings. The van der Waals surface area contributed by atoms with Crippen LogP contribution in [0.2, 0.25) is 0 Å². The van der Waals surface area contributed by atoms with Gasteiger partial charge in [0.15, 0.2) is 0 Å². The highest BCUT2D eigenvalue weighted by Crippen LogP contribution is 2.23. The van der Waals surface area contributed by atoms with E-state index in [1.165, 1.54) is 0 Å². The molecule has 0 heterocycles. The standard InChI is InChI=1S/C13H27NO2/c1-4-9-13(2,10-15)14-11-5-7-12(16-3)8-6-11/h11-12,14-15H,4-10H2,1-3H3. The lowest BCUT2D eigenvalue weighted by atomic mass is 9.89. The van der Waals surface area contributed by atoms with Crippen molar-refractivity contribution in [2.45, 2.75) is 70.1 Å². The first kappa shape index (κ1) is 13.9. The van der Waals surface area contributed by atoms with Crippen molar-refractivity contribution in [2.24, 2.45) is 0 Å². The lowest BCUT2D eigenvalue weighted by Crippen LogP contribution is -2.52. The van der Waals surface area contributed by atoms with Crippen molar-refractivity contribution < 1.29 is 9.84 Å². The van der Waals surface area contributed by atoms with E-state index in [1.54, 1.807) is 7.11 Å². The summed E-state index contributed by atoms with van der Waals surface area (Å²) in [5.41, 5.74) is -0.0979. The van der Waals surface area contributed by atoms with Crippen molar-refractivity contribution in [1.29, 1.82) is 0 Å². The zero-order valence-corrected chi connectivity index (χ0v) is 11.0. The van der Waals surface area contributed by atoms with Crippen molar-refractivity contribution in [3.63, 3.8) is 0 Å². The highest BCUT2D eigenvalue weighted by molar-refractivity contribution is 4.88. The van der Waals surface area contributed by atoms with E-state index in [4.69, 9.17) is 4.74 Å². The van der Waals surface area contributed by atoms with Gasteiger partial charge in [-0.15, -0.1) is 0 Å². The van der Waals surface area contributed by atoms with Crippen LogP contribution in [0.15, 0.2) is 0 Å². The summed E-state index contributed by atoms with van der Waals surface area (Å²) in [4.78, 5) is 0. The Kier molecular flexibility index (Phi) is 5.73. The minimum Gasteiger partial charge on any atom is -0.394 e. The summed E-state index contributed by atoms with van der Waals surface area (Å²) in [7, 11) is 1.80. The quantitative estimate of drug-likeness (QED) is 0.733. The van der Waals surface area contributed by atoms with E-state index >= 15 is 0 Å². The Hall–Kier alpha value is -0.120. The van der Waals surface area contributed by atoms with Crippen LogP contribution in [0.5, 0.6) is 0 Å². The number of hydrogen-bond acceptors (Lipinski definition) is 3. The maximum absolute atomic E-state index is 9.46. The Morgan fingerprint density at radius 1 is 1.31 bits per heavy atom. The minimum atomic E-state index is -0.0979. The maximum Gasteiger partial charge on any atom is 0.0610 e. The lowest BCUT2D eigenvalue weighted by molar-refractivity contribution is 0.0533. The predicted octanol–water partition coefficient (Wildman–Crippen LogP) is 2.08. The number of nitrogens with one attached hydrogen (secondary N) is 1. The first-order valence-corrected chi connectivity index (χ1v) is 6.55. The Morgan fingerprint density at radius 2 is 1.94 bits per heavy atom. The molecule has 1 atom stereocenters. The summed E-state index contributed by atoms with van der Waals surface area (Å²) in [6, 6.07) is 0.551. The van der Waals surface area contributed by atoms with Crippen molar-refractivity contribution in [3.05, 3.63) is 0 Å². The molecule has 0 radical (unpaired) electrons. The van der Waals surface area contributed by atoms with Crippen LogP contribution in [0.1, 0.15) is 52.4 Å². The number of aliphatic hydroxyl groups is 1. The van der Waals surface area contributed by atoms with Crippen LogP contribution in [0.4, 0.5) is 0 Å². The second-order valence-corrected chi connectivity index (χ2v) is 5.32. The van der Waals surface area contributed by atoms with E-state index < -0.39 is 0 Å². The first-order chi connectivity index (χ1) is 7.63. The molecule has 0 aromatic carbocycles. The molecule has 0 aromatic heterocycles. The van der Waals surface area contributed by atoms with Gasteiger partial charge in [0.25, 0.3) is 0 Å². The van der Waals surface area contributed by atoms with Crippen molar-refractivity contribution in [1.82, 2.24) is 5.32 Å². The third kappa shape index (κ3) is 4.04. The molecule has 0 bridgehead atoms. The number of rotatable bonds is 6. The molecule has 0 aliphatic heterocycles. The second kappa shape index (κ2) is 6.58. The van der Waals surface area contributed by atoms with Crippen LogP contribution >= 0.6 is 0 Å². The van der Waals surface area contributed by atoms with Gasteiger partial charge in [-0.25, -0.2) is 0 Å². The molecule has 1 saturated carbocycles. The SMILES string of the molecule is CCCC(C)(CO)NC1CCC(OC)CC1. The fourth-order valence-corrected chi connectivity index (χ4v) is 2.68. The third-order valence-corrected chi connectivity index (χ3v) is 3.71. The zero-order valence-electron chi connectivity index (χ0n) is 11.0. The van der Waals surface area contributed by atoms with Crippen LogP contribution < -0.4 is 5.32 Å². The summed E-state index contributed by atoms with van der Waals surface area (Å²) in [6.45, 7) is 4.52. The number of methoxy groups -OCH3 is 1. The summed E-state index contributed by atoms with van der Waals surface area (Å²) >= 11 is 0. The molecular weight excluding hydrogens is 202 g/mol. The molecule has 1 fully saturated rings. The average molecular weight is 229 g/mol. The van der Waals surface area contributed by atoms with Gasteiger partial charge in [-0.1, -0.05) is 13.3 Å². The molecule has 2 N–H and O–H groups in total. The Bertz CT molecular complexity index is 190. The maximum atomic E-state index is 9.46. The molecule has 1 aliphatic carbocycles. The van der Waals surface area contributed by atoms with Gasteiger partial charge in [0.2, 0.25) is 0 Å². The monoisotopic (exact) mass is 229 g/mol. The second-order valence-electron chi connectivity index (χ2n) is 5.32. The van der Waals surface area contributed by atoms with Gasteiger partial charge in [-0.05, 0) is 39.0 Å². The largest absolute Gasteiger partial charge is 0.394 e. The van der Waals surface area contributed by atoms with Gasteiger partial charge in [-0.2, -0.15) is 0 Å². The number of hydrogen-bond donors (Lipinski definition) is 2. The summed E-state index contributed by atoms with van der Waals surface area (Å²) in [6.07, 6.45) is 7.20. The lowest BCUT2D eigenvalue weighted by Gasteiger charge is -2.37. The van der Waals surface area contributed by atoms with Crippen molar-refractivity contribution >= 4 is 0 Å². The first-order valence-electron chi connectivity index (χ1n) is 6.55. The summed E-state index contributed by atoms with van der Waals surface area (Å²) in [5.74, 6) is 0. The van der Waals surface area contributed by atoms with Crippen molar-refractivity contribution in [2.75, 3.05) is 13.7 Å². The average Bonchev–Trinajstić information content (AvgIpc) is 2.30. The molecule has 0 spiro atoms. The molecule has 3 nitrogen and oxygen atoms in total. The van der Waals surface area contributed by atoms with E-state index in [9.17, 15) is 5.11 Å². The van der Waals surface area contributed by atoms with E-state index in [1.807, 2.05) is 0 Å². The molecule has 0 aromatic rings. The van der Waals surface area contributed by atoms with E-state index in [2.05, 4.69) is 19.2 Å². The van der Waals surface area contributed by atoms with Gasteiger partial charge < -0.3 is 15.2 Å². The topological polar surface area (TPSA) is 41.5 Å². The molecule has 0 saturated heterocycles. The Balaban J connectivity index is 2.36. The van der Waals surface area contributed by atoms with Crippen LogP contribution in [0.25, 0.3) is 0 Å². The van der Waals surface area contributed by atoms with Gasteiger partial charge >= 0.3 is 0 Å². The summed E-state index contributed by atoms with van der Waals surface area (Å²) < 4.78 is 5.37. The molecule has 96 valence electrons. The zero-order chi connectivity index (χ0) is 12.0. The van der Waals surface area contributed by atoms with Crippen LogP contribution in [0, 0.1) is 0 Å². The Labute approximate surface area is 99.6 Å². The van der Waals surface area contributed by atoms with Crippen molar-refractivity contribution in [3.8, 4) is 0 Å². The smallest absolute Gasteiger partial charge is 0.0610 e. The number of ether oxygens (including phenoxy) is 1. The number of aliphatic hydroxyl groups excluding tert-OH is 1. The molecule has 1 unspecified atom stereocenters.